The van der Waals surface area contributed by atoms with E-state index in [1.54, 1.807) is 0 Å². The van der Waals surface area contributed by atoms with Crippen molar-refractivity contribution in [2.45, 2.75) is 63.2 Å². The Labute approximate surface area is 104 Å². The first-order chi connectivity index (χ1) is 7.76. The predicted molar refractivity (Wildman–Crippen MR) is 71.6 cm³/mol. The molecular weight excluding hydrogens is 216 g/mol. The molecule has 0 radical (unpaired) electrons. The van der Waals surface area contributed by atoms with E-state index in [-0.39, 0.29) is 5.54 Å². The third-order valence-electron chi connectivity index (χ3n) is 3.29. The number of nitrogens with zero attached hydrogens (tertiary/aromatic N) is 1. The molecule has 16 heavy (non-hydrogen) atoms. The fourth-order valence-electron chi connectivity index (χ4n) is 2.40. The second-order valence-electron chi connectivity index (χ2n) is 4.67. The minimum absolute atomic E-state index is 0.225. The lowest BCUT2D eigenvalue weighted by Gasteiger charge is -2.36. The predicted octanol–water partition coefficient (Wildman–Crippen LogP) is 3.33. The second-order valence-corrected chi connectivity index (χ2v) is 6.08. The summed E-state index contributed by atoms with van der Waals surface area (Å²) in [7, 11) is 0. The molecule has 0 amide bonds. The van der Waals surface area contributed by atoms with E-state index in [4.69, 9.17) is 0 Å². The summed E-state index contributed by atoms with van der Waals surface area (Å²) in [6.45, 7) is 5.23. The third kappa shape index (κ3) is 3.99. The molecule has 0 heterocycles. The Balaban J connectivity index is 2.42. The molecule has 0 aliphatic heterocycles. The average molecular weight is 240 g/mol. The van der Waals surface area contributed by atoms with Gasteiger partial charge in [0, 0.05) is 5.25 Å². The first-order valence-corrected chi connectivity index (χ1v) is 7.59. The highest BCUT2D eigenvalue weighted by atomic mass is 32.2. The zero-order chi connectivity index (χ0) is 11.9. The smallest absolute Gasteiger partial charge is 0.107 e. The highest BCUT2D eigenvalue weighted by molar-refractivity contribution is 7.99. The maximum Gasteiger partial charge on any atom is 0.107 e. The molecule has 1 aliphatic rings. The minimum Gasteiger partial charge on any atom is -0.300 e. The van der Waals surface area contributed by atoms with Crippen LogP contribution in [0.5, 0.6) is 0 Å². The van der Waals surface area contributed by atoms with E-state index in [2.05, 4.69) is 37.0 Å². The maximum atomic E-state index is 9.34. The van der Waals surface area contributed by atoms with Crippen LogP contribution in [0.2, 0.25) is 0 Å². The molecule has 2 unspecified atom stereocenters. The van der Waals surface area contributed by atoms with Gasteiger partial charge in [-0.25, -0.2) is 0 Å². The van der Waals surface area contributed by atoms with Gasteiger partial charge in [0.15, 0.2) is 0 Å². The first-order valence-electron chi connectivity index (χ1n) is 6.54. The molecule has 0 aromatic carbocycles. The summed E-state index contributed by atoms with van der Waals surface area (Å²) in [4.78, 5) is 0. The summed E-state index contributed by atoms with van der Waals surface area (Å²) in [5, 5.41) is 13.4. The lowest BCUT2D eigenvalue weighted by Crippen LogP contribution is -2.48. The monoisotopic (exact) mass is 240 g/mol. The van der Waals surface area contributed by atoms with Crippen LogP contribution in [0.4, 0.5) is 0 Å². The molecule has 1 saturated carbocycles. The molecule has 1 aliphatic carbocycles. The number of nitriles is 1. The lowest BCUT2D eigenvalue weighted by atomic mass is 9.82. The summed E-state index contributed by atoms with van der Waals surface area (Å²) in [5.74, 6) is 1.26. The molecule has 1 fully saturated rings. The Morgan fingerprint density at radius 3 is 2.94 bits per heavy atom. The molecule has 0 saturated heterocycles. The van der Waals surface area contributed by atoms with E-state index < -0.39 is 0 Å². The van der Waals surface area contributed by atoms with Crippen LogP contribution in [0.3, 0.4) is 0 Å². The Kier molecular flexibility index (Phi) is 6.23. The summed E-state index contributed by atoms with van der Waals surface area (Å²) in [6, 6.07) is 2.51. The number of unbranched alkanes of at least 4 members (excludes halogenated alkanes) is 1. The molecule has 1 N–H and O–H groups in total. The van der Waals surface area contributed by atoms with Gasteiger partial charge in [0.05, 0.1) is 6.07 Å². The van der Waals surface area contributed by atoms with Gasteiger partial charge in [-0.05, 0) is 44.4 Å². The van der Waals surface area contributed by atoms with Crippen molar-refractivity contribution in [1.29, 1.82) is 5.26 Å². The van der Waals surface area contributed by atoms with Crippen LogP contribution in [0.1, 0.15) is 52.4 Å². The molecule has 2 atom stereocenters. The molecule has 2 nitrogen and oxygen atoms in total. The molecule has 92 valence electrons. The topological polar surface area (TPSA) is 35.8 Å². The van der Waals surface area contributed by atoms with Crippen molar-refractivity contribution >= 4 is 11.8 Å². The van der Waals surface area contributed by atoms with Gasteiger partial charge in [0.2, 0.25) is 0 Å². The van der Waals surface area contributed by atoms with E-state index in [1.807, 2.05) is 0 Å². The highest BCUT2D eigenvalue weighted by Crippen LogP contribution is 2.35. The lowest BCUT2D eigenvalue weighted by molar-refractivity contribution is 0.309. The largest absolute Gasteiger partial charge is 0.300 e. The number of hydrogen-bond donors (Lipinski definition) is 1. The molecule has 0 spiro atoms. The van der Waals surface area contributed by atoms with Crippen LogP contribution in [0, 0.1) is 11.3 Å². The Morgan fingerprint density at radius 2 is 2.31 bits per heavy atom. The summed E-state index contributed by atoms with van der Waals surface area (Å²) >= 11 is 2.07. The van der Waals surface area contributed by atoms with Crippen molar-refractivity contribution in [3.05, 3.63) is 0 Å². The highest BCUT2D eigenvalue weighted by Gasteiger charge is 2.35. The van der Waals surface area contributed by atoms with E-state index in [1.165, 1.54) is 31.4 Å². The molecule has 0 bridgehead atoms. The van der Waals surface area contributed by atoms with Crippen molar-refractivity contribution < 1.29 is 0 Å². The Hall–Kier alpha value is -0.200. The fourth-order valence-corrected chi connectivity index (χ4v) is 3.93. The SMILES string of the molecule is CCCCSC1CCCC(C#N)(NCC)C1. The van der Waals surface area contributed by atoms with Crippen molar-refractivity contribution in [1.82, 2.24) is 5.32 Å². The molecule has 0 aromatic rings. The molecular formula is C13H24N2S. The van der Waals surface area contributed by atoms with E-state index in [0.717, 1.165) is 19.4 Å². The number of thioether (sulfide) groups is 1. The third-order valence-corrected chi connectivity index (χ3v) is 4.68. The van der Waals surface area contributed by atoms with Crippen molar-refractivity contribution in [2.75, 3.05) is 12.3 Å². The van der Waals surface area contributed by atoms with E-state index in [9.17, 15) is 5.26 Å². The zero-order valence-corrected chi connectivity index (χ0v) is 11.4. The van der Waals surface area contributed by atoms with E-state index in [0.29, 0.717) is 5.25 Å². The Bertz CT molecular complexity index is 233. The molecule has 1 rings (SSSR count). The molecule has 3 heteroatoms. The van der Waals surface area contributed by atoms with E-state index >= 15 is 0 Å². The number of nitrogens with one attached hydrogen (secondary N) is 1. The van der Waals surface area contributed by atoms with Crippen molar-refractivity contribution in [2.24, 2.45) is 0 Å². The number of rotatable bonds is 6. The van der Waals surface area contributed by atoms with Crippen LogP contribution in [-0.4, -0.2) is 23.1 Å². The van der Waals surface area contributed by atoms with Gasteiger partial charge in [-0.3, -0.25) is 5.32 Å². The maximum absolute atomic E-state index is 9.34. The minimum atomic E-state index is -0.225. The van der Waals surface area contributed by atoms with Gasteiger partial charge in [0.25, 0.3) is 0 Å². The van der Waals surface area contributed by atoms with Gasteiger partial charge in [-0.15, -0.1) is 0 Å². The summed E-state index contributed by atoms with van der Waals surface area (Å²) < 4.78 is 0. The van der Waals surface area contributed by atoms with Crippen LogP contribution < -0.4 is 5.32 Å². The summed E-state index contributed by atoms with van der Waals surface area (Å²) in [6.07, 6.45) is 7.14. The van der Waals surface area contributed by atoms with Crippen LogP contribution in [0.25, 0.3) is 0 Å². The van der Waals surface area contributed by atoms with Gasteiger partial charge in [0.1, 0.15) is 5.54 Å². The Morgan fingerprint density at radius 1 is 1.50 bits per heavy atom. The number of hydrogen-bond acceptors (Lipinski definition) is 3. The van der Waals surface area contributed by atoms with Crippen LogP contribution >= 0.6 is 11.8 Å². The van der Waals surface area contributed by atoms with Crippen LogP contribution in [0.15, 0.2) is 0 Å². The van der Waals surface area contributed by atoms with Crippen molar-refractivity contribution in [3.63, 3.8) is 0 Å². The fraction of sp³-hybridized carbons (Fsp3) is 0.923. The summed E-state index contributed by atoms with van der Waals surface area (Å²) in [5.41, 5.74) is -0.225. The van der Waals surface area contributed by atoms with Crippen LogP contribution in [-0.2, 0) is 0 Å². The first kappa shape index (κ1) is 13.9. The van der Waals surface area contributed by atoms with Gasteiger partial charge in [-0.1, -0.05) is 20.3 Å². The normalized spacial score (nSPS) is 29.9. The zero-order valence-electron chi connectivity index (χ0n) is 10.6. The second kappa shape index (κ2) is 7.19. The average Bonchev–Trinajstić information content (AvgIpc) is 2.30. The van der Waals surface area contributed by atoms with Crippen molar-refractivity contribution in [3.8, 4) is 6.07 Å². The van der Waals surface area contributed by atoms with Gasteiger partial charge < -0.3 is 0 Å². The standard InChI is InChI=1S/C13H24N2S/c1-3-5-9-16-12-7-6-8-13(10-12,11-14)15-4-2/h12,15H,3-10H2,1-2H3. The van der Waals surface area contributed by atoms with Gasteiger partial charge in [-0.2, -0.15) is 17.0 Å². The quantitative estimate of drug-likeness (QED) is 0.723. The van der Waals surface area contributed by atoms with Gasteiger partial charge >= 0.3 is 0 Å². The molecule has 0 aromatic heterocycles.